The molecule has 1 aromatic rings. The first kappa shape index (κ1) is 10.1. The van der Waals surface area contributed by atoms with Crippen LogP contribution in [0, 0.1) is 11.2 Å². The van der Waals surface area contributed by atoms with Crippen LogP contribution in [-0.4, -0.2) is 5.11 Å². The van der Waals surface area contributed by atoms with Crippen LogP contribution in [0.5, 0.6) is 0 Å². The molecule has 0 bridgehead atoms. The minimum Gasteiger partial charge on any atom is -0.388 e. The molecule has 1 N–H and O–H groups in total. The molecule has 2 rings (SSSR count). The van der Waals surface area contributed by atoms with Crippen molar-refractivity contribution in [3.63, 3.8) is 0 Å². The second-order valence-electron chi connectivity index (χ2n) is 4.23. The topological polar surface area (TPSA) is 20.2 Å². The van der Waals surface area contributed by atoms with Gasteiger partial charge < -0.3 is 5.11 Å². The van der Waals surface area contributed by atoms with Crippen LogP contribution in [-0.2, 0) is 0 Å². The first-order valence-corrected chi connectivity index (χ1v) is 5.45. The lowest BCUT2D eigenvalue weighted by molar-refractivity contribution is 0.103. The van der Waals surface area contributed by atoms with E-state index in [1.165, 1.54) is 6.07 Å². The number of hydrogen-bond donors (Lipinski definition) is 1. The molecule has 0 saturated heterocycles. The number of aliphatic hydroxyl groups excluding tert-OH is 1. The van der Waals surface area contributed by atoms with Gasteiger partial charge in [0.15, 0.2) is 0 Å². The summed E-state index contributed by atoms with van der Waals surface area (Å²) in [4.78, 5) is 0. The van der Waals surface area contributed by atoms with Crippen molar-refractivity contribution >= 4 is 15.9 Å². The normalized spacial score (nSPS) is 20.6. The van der Waals surface area contributed by atoms with E-state index in [-0.39, 0.29) is 11.2 Å². The van der Waals surface area contributed by atoms with Gasteiger partial charge in [0.1, 0.15) is 5.82 Å². The van der Waals surface area contributed by atoms with Gasteiger partial charge in [0.2, 0.25) is 0 Å². The van der Waals surface area contributed by atoms with E-state index in [1.807, 2.05) is 0 Å². The maximum Gasteiger partial charge on any atom is 0.137 e. The first-order chi connectivity index (χ1) is 6.53. The van der Waals surface area contributed by atoms with Crippen LogP contribution in [0.25, 0.3) is 0 Å². The Morgan fingerprint density at radius 3 is 2.64 bits per heavy atom. The van der Waals surface area contributed by atoms with Gasteiger partial charge >= 0.3 is 0 Å². The Balaban J connectivity index is 2.28. The van der Waals surface area contributed by atoms with Gasteiger partial charge in [-0.05, 0) is 51.9 Å². The van der Waals surface area contributed by atoms with Gasteiger partial charge in [-0.15, -0.1) is 0 Å². The molecule has 0 amide bonds. The molecule has 0 radical (unpaired) electrons. The van der Waals surface area contributed by atoms with Crippen molar-refractivity contribution in [3.8, 4) is 0 Å². The Bertz CT molecular complexity index is 360. The second kappa shape index (κ2) is 3.31. The average molecular weight is 259 g/mol. The molecule has 0 aromatic heterocycles. The molecular weight excluding hydrogens is 247 g/mol. The lowest BCUT2D eigenvalue weighted by Gasteiger charge is -2.18. The molecule has 3 heteroatoms. The predicted molar refractivity (Wildman–Crippen MR) is 56.4 cm³/mol. The van der Waals surface area contributed by atoms with Crippen LogP contribution in [0.1, 0.15) is 31.4 Å². The van der Waals surface area contributed by atoms with Crippen molar-refractivity contribution in [1.29, 1.82) is 0 Å². The van der Waals surface area contributed by atoms with Crippen LogP contribution >= 0.6 is 15.9 Å². The molecule has 0 aliphatic heterocycles. The lowest BCUT2D eigenvalue weighted by Crippen LogP contribution is -2.09. The third kappa shape index (κ3) is 1.71. The molecule has 1 atom stereocenters. The highest BCUT2D eigenvalue weighted by molar-refractivity contribution is 9.10. The maximum absolute atomic E-state index is 12.9. The smallest absolute Gasteiger partial charge is 0.137 e. The second-order valence-corrected chi connectivity index (χ2v) is 5.08. The molecule has 1 nitrogen and oxygen atoms in total. The third-order valence-electron chi connectivity index (χ3n) is 2.96. The lowest BCUT2D eigenvalue weighted by atomic mass is 9.95. The van der Waals surface area contributed by atoms with Gasteiger partial charge in [-0.3, -0.25) is 0 Å². The van der Waals surface area contributed by atoms with Gasteiger partial charge in [0, 0.05) is 0 Å². The van der Waals surface area contributed by atoms with E-state index in [0.717, 1.165) is 18.4 Å². The molecule has 1 fully saturated rings. The molecule has 0 heterocycles. The predicted octanol–water partition coefficient (Wildman–Crippen LogP) is 3.42. The Morgan fingerprint density at radius 1 is 1.50 bits per heavy atom. The highest BCUT2D eigenvalue weighted by Crippen LogP contribution is 2.54. The third-order valence-corrected chi connectivity index (χ3v) is 3.57. The summed E-state index contributed by atoms with van der Waals surface area (Å²) in [6, 6.07) is 4.69. The van der Waals surface area contributed by atoms with Gasteiger partial charge in [0.25, 0.3) is 0 Å². The van der Waals surface area contributed by atoms with Crippen LogP contribution in [0.3, 0.4) is 0 Å². The van der Waals surface area contributed by atoms with Crippen molar-refractivity contribution in [1.82, 2.24) is 0 Å². The quantitative estimate of drug-likeness (QED) is 0.862. The summed E-state index contributed by atoms with van der Waals surface area (Å²) in [5, 5.41) is 9.99. The zero-order chi connectivity index (χ0) is 10.3. The highest BCUT2D eigenvalue weighted by atomic mass is 79.9. The van der Waals surface area contributed by atoms with E-state index in [1.54, 1.807) is 12.1 Å². The molecule has 1 aromatic carbocycles. The Labute approximate surface area is 91.1 Å². The highest BCUT2D eigenvalue weighted by Gasteiger charge is 2.44. The molecule has 1 saturated carbocycles. The molecule has 1 unspecified atom stereocenters. The first-order valence-electron chi connectivity index (χ1n) is 4.66. The minimum atomic E-state index is -0.473. The molecule has 1 aliphatic carbocycles. The van der Waals surface area contributed by atoms with Crippen LogP contribution in [0.2, 0.25) is 0 Å². The van der Waals surface area contributed by atoms with Gasteiger partial charge in [-0.25, -0.2) is 4.39 Å². The van der Waals surface area contributed by atoms with Crippen LogP contribution in [0.15, 0.2) is 22.7 Å². The van der Waals surface area contributed by atoms with Crippen LogP contribution in [0.4, 0.5) is 4.39 Å². The van der Waals surface area contributed by atoms with E-state index < -0.39 is 6.10 Å². The molecule has 0 spiro atoms. The summed E-state index contributed by atoms with van der Waals surface area (Å²) in [5.41, 5.74) is 0.801. The van der Waals surface area contributed by atoms with E-state index in [4.69, 9.17) is 0 Å². The van der Waals surface area contributed by atoms with Gasteiger partial charge in [-0.1, -0.05) is 13.0 Å². The standard InChI is InChI=1S/C11H12BrFO/c1-11(4-5-11)10(14)7-2-3-9(13)8(12)6-7/h2-3,6,10,14H,4-5H2,1H3. The molecule has 14 heavy (non-hydrogen) atoms. The summed E-state index contributed by atoms with van der Waals surface area (Å²) in [6.45, 7) is 2.05. The minimum absolute atomic E-state index is 0.0112. The zero-order valence-corrected chi connectivity index (χ0v) is 9.51. The summed E-state index contributed by atoms with van der Waals surface area (Å²) >= 11 is 3.12. The van der Waals surface area contributed by atoms with Crippen molar-refractivity contribution < 1.29 is 9.50 Å². The largest absolute Gasteiger partial charge is 0.388 e. The number of aliphatic hydroxyl groups is 1. The Morgan fingerprint density at radius 2 is 2.14 bits per heavy atom. The number of halogens is 2. The van der Waals surface area contributed by atoms with Gasteiger partial charge in [0.05, 0.1) is 10.6 Å². The van der Waals surface area contributed by atoms with E-state index in [2.05, 4.69) is 22.9 Å². The number of hydrogen-bond acceptors (Lipinski definition) is 1. The Hall–Kier alpha value is -0.410. The summed E-state index contributed by atoms with van der Waals surface area (Å²) < 4.78 is 13.4. The van der Waals surface area contributed by atoms with E-state index in [9.17, 15) is 9.50 Å². The fourth-order valence-electron chi connectivity index (χ4n) is 1.56. The monoisotopic (exact) mass is 258 g/mol. The number of rotatable bonds is 2. The molecular formula is C11H12BrFO. The summed E-state index contributed by atoms with van der Waals surface area (Å²) in [7, 11) is 0. The van der Waals surface area contributed by atoms with E-state index in [0.29, 0.717) is 4.47 Å². The zero-order valence-electron chi connectivity index (χ0n) is 7.93. The van der Waals surface area contributed by atoms with Crippen LogP contribution < -0.4 is 0 Å². The summed E-state index contributed by atoms with van der Waals surface area (Å²) in [6.07, 6.45) is 1.62. The molecule has 1 aliphatic rings. The van der Waals surface area contributed by atoms with E-state index >= 15 is 0 Å². The fraction of sp³-hybridized carbons (Fsp3) is 0.455. The van der Waals surface area contributed by atoms with Crippen molar-refractivity contribution in [2.24, 2.45) is 5.41 Å². The fourth-order valence-corrected chi connectivity index (χ4v) is 1.95. The van der Waals surface area contributed by atoms with Crippen molar-refractivity contribution in [2.75, 3.05) is 0 Å². The van der Waals surface area contributed by atoms with Crippen molar-refractivity contribution in [3.05, 3.63) is 34.1 Å². The Kier molecular flexibility index (Phi) is 2.40. The SMILES string of the molecule is CC1(C(O)c2ccc(F)c(Br)c2)CC1. The average Bonchev–Trinajstić information content (AvgIpc) is 2.89. The summed E-state index contributed by atoms with van der Waals surface area (Å²) in [5.74, 6) is -0.290. The maximum atomic E-state index is 12.9. The molecule has 76 valence electrons. The van der Waals surface area contributed by atoms with Gasteiger partial charge in [-0.2, -0.15) is 0 Å². The van der Waals surface area contributed by atoms with Crippen molar-refractivity contribution in [2.45, 2.75) is 25.9 Å². The number of benzene rings is 1.